The molecule has 0 radical (unpaired) electrons. The summed E-state index contributed by atoms with van der Waals surface area (Å²) >= 11 is 0. The number of aliphatic imine (C=N–C) groups is 1. The van der Waals surface area contributed by atoms with Crippen LogP contribution in [0.4, 0.5) is 5.69 Å². The molecule has 0 aliphatic heterocycles. The number of nitrogens with zero attached hydrogens (tertiary/aromatic N) is 3. The molecule has 2 rings (SSSR count). The standard InChI is InChI=1S/C19H26N4O4/c1-3-26-12-5-11-20-19(22(2)15-18-6-4-13-27-18)21-14-16-7-9-17(10-8-16)23(24)25/h4,6-10,13H,3,5,11-12,14-15H2,1-2H3,(H,20,21). The monoisotopic (exact) mass is 374 g/mol. The number of benzene rings is 1. The molecule has 0 spiro atoms. The molecule has 0 fully saturated rings. The number of furan rings is 1. The number of nitro benzene ring substituents is 1. The van der Waals surface area contributed by atoms with Crippen molar-refractivity contribution in [1.29, 1.82) is 0 Å². The molecule has 0 amide bonds. The highest BCUT2D eigenvalue weighted by molar-refractivity contribution is 5.79. The molecule has 8 nitrogen and oxygen atoms in total. The maximum Gasteiger partial charge on any atom is 0.269 e. The summed E-state index contributed by atoms with van der Waals surface area (Å²) in [6.07, 6.45) is 2.52. The van der Waals surface area contributed by atoms with Crippen molar-refractivity contribution in [2.75, 3.05) is 26.8 Å². The molecule has 0 saturated carbocycles. The number of guanidine groups is 1. The molecule has 8 heteroatoms. The van der Waals surface area contributed by atoms with Crippen LogP contribution in [0.2, 0.25) is 0 Å². The second-order valence-electron chi connectivity index (χ2n) is 5.98. The first-order valence-corrected chi connectivity index (χ1v) is 8.93. The molecule has 1 aromatic carbocycles. The molecule has 146 valence electrons. The van der Waals surface area contributed by atoms with E-state index < -0.39 is 4.92 Å². The second kappa shape index (κ2) is 11.0. The molecular weight excluding hydrogens is 348 g/mol. The van der Waals surface area contributed by atoms with Crippen LogP contribution < -0.4 is 5.32 Å². The van der Waals surface area contributed by atoms with Gasteiger partial charge in [-0.3, -0.25) is 10.1 Å². The van der Waals surface area contributed by atoms with Gasteiger partial charge >= 0.3 is 0 Å². The molecular formula is C19H26N4O4. The fourth-order valence-corrected chi connectivity index (χ4v) is 2.43. The van der Waals surface area contributed by atoms with Gasteiger partial charge in [-0.15, -0.1) is 0 Å². The molecule has 1 N–H and O–H groups in total. The molecule has 0 aliphatic carbocycles. The quantitative estimate of drug-likeness (QED) is 0.226. The smallest absolute Gasteiger partial charge is 0.269 e. The summed E-state index contributed by atoms with van der Waals surface area (Å²) in [4.78, 5) is 17.0. The topological polar surface area (TPSA) is 93.1 Å². The Hall–Kier alpha value is -2.87. The Bertz CT molecular complexity index is 714. The Balaban J connectivity index is 1.99. The van der Waals surface area contributed by atoms with Crippen LogP contribution in [-0.2, 0) is 17.8 Å². The lowest BCUT2D eigenvalue weighted by molar-refractivity contribution is -0.384. The number of non-ortho nitro benzene ring substituents is 1. The van der Waals surface area contributed by atoms with Crippen LogP contribution in [-0.4, -0.2) is 42.6 Å². The molecule has 1 heterocycles. The lowest BCUT2D eigenvalue weighted by atomic mass is 10.2. The van der Waals surface area contributed by atoms with E-state index in [1.54, 1.807) is 18.4 Å². The summed E-state index contributed by atoms with van der Waals surface area (Å²) in [5, 5.41) is 14.1. The van der Waals surface area contributed by atoms with E-state index in [1.807, 2.05) is 31.0 Å². The second-order valence-corrected chi connectivity index (χ2v) is 5.98. The largest absolute Gasteiger partial charge is 0.467 e. The third-order valence-corrected chi connectivity index (χ3v) is 3.85. The van der Waals surface area contributed by atoms with Crippen LogP contribution in [0.5, 0.6) is 0 Å². The third kappa shape index (κ3) is 7.10. The maximum atomic E-state index is 10.8. The van der Waals surface area contributed by atoms with E-state index in [1.165, 1.54) is 12.1 Å². The SMILES string of the molecule is CCOCCCNC(=NCc1ccc([N+](=O)[O-])cc1)N(C)Cc1ccco1. The van der Waals surface area contributed by atoms with Gasteiger partial charge in [0.1, 0.15) is 5.76 Å². The Morgan fingerprint density at radius 2 is 2.11 bits per heavy atom. The number of hydrogen-bond acceptors (Lipinski definition) is 5. The van der Waals surface area contributed by atoms with Crippen LogP contribution in [0, 0.1) is 10.1 Å². The molecule has 0 saturated heterocycles. The number of nitro groups is 1. The third-order valence-electron chi connectivity index (χ3n) is 3.85. The Morgan fingerprint density at radius 1 is 1.33 bits per heavy atom. The minimum absolute atomic E-state index is 0.0759. The fourth-order valence-electron chi connectivity index (χ4n) is 2.43. The molecule has 1 aromatic heterocycles. The Morgan fingerprint density at radius 3 is 2.74 bits per heavy atom. The Kier molecular flexibility index (Phi) is 8.31. The lowest BCUT2D eigenvalue weighted by Crippen LogP contribution is -2.39. The van der Waals surface area contributed by atoms with Gasteiger partial charge < -0.3 is 19.4 Å². The first kappa shape index (κ1) is 20.4. The average molecular weight is 374 g/mol. The van der Waals surface area contributed by atoms with E-state index in [2.05, 4.69) is 10.3 Å². The van der Waals surface area contributed by atoms with Crippen LogP contribution >= 0.6 is 0 Å². The van der Waals surface area contributed by atoms with Gasteiger partial charge in [-0.25, -0.2) is 4.99 Å². The van der Waals surface area contributed by atoms with Crippen molar-refractivity contribution < 1.29 is 14.1 Å². The van der Waals surface area contributed by atoms with Crippen LogP contribution in [0.15, 0.2) is 52.1 Å². The molecule has 0 unspecified atom stereocenters. The summed E-state index contributed by atoms with van der Waals surface area (Å²) in [6, 6.07) is 10.2. The predicted molar refractivity (Wildman–Crippen MR) is 104 cm³/mol. The van der Waals surface area contributed by atoms with Crippen molar-refractivity contribution in [3.63, 3.8) is 0 Å². The van der Waals surface area contributed by atoms with Gasteiger partial charge in [-0.1, -0.05) is 12.1 Å². The van der Waals surface area contributed by atoms with Gasteiger partial charge in [0.2, 0.25) is 0 Å². The van der Waals surface area contributed by atoms with Gasteiger partial charge in [0.15, 0.2) is 5.96 Å². The highest BCUT2D eigenvalue weighted by Gasteiger charge is 2.09. The predicted octanol–water partition coefficient (Wildman–Crippen LogP) is 3.19. The normalized spacial score (nSPS) is 11.4. The fraction of sp³-hybridized carbons (Fsp3) is 0.421. The zero-order valence-electron chi connectivity index (χ0n) is 15.8. The summed E-state index contributed by atoms with van der Waals surface area (Å²) < 4.78 is 10.8. The molecule has 0 bridgehead atoms. The summed E-state index contributed by atoms with van der Waals surface area (Å²) in [7, 11) is 1.94. The van der Waals surface area contributed by atoms with E-state index in [0.29, 0.717) is 26.3 Å². The van der Waals surface area contributed by atoms with Crippen LogP contribution in [0.3, 0.4) is 0 Å². The summed E-state index contributed by atoms with van der Waals surface area (Å²) in [5.74, 6) is 1.58. The first-order valence-electron chi connectivity index (χ1n) is 8.93. The highest BCUT2D eigenvalue weighted by atomic mass is 16.6. The van der Waals surface area contributed by atoms with E-state index in [4.69, 9.17) is 9.15 Å². The number of ether oxygens (including phenoxy) is 1. The molecule has 27 heavy (non-hydrogen) atoms. The maximum absolute atomic E-state index is 10.8. The van der Waals surface area contributed by atoms with Crippen molar-refractivity contribution >= 4 is 11.6 Å². The van der Waals surface area contributed by atoms with Crippen molar-refractivity contribution in [3.8, 4) is 0 Å². The minimum Gasteiger partial charge on any atom is -0.467 e. The number of hydrogen-bond donors (Lipinski definition) is 1. The number of rotatable bonds is 10. The van der Waals surface area contributed by atoms with E-state index in [9.17, 15) is 10.1 Å². The number of nitrogens with one attached hydrogen (secondary N) is 1. The van der Waals surface area contributed by atoms with E-state index in [0.717, 1.165) is 30.2 Å². The van der Waals surface area contributed by atoms with Gasteiger partial charge in [0.05, 0.1) is 24.3 Å². The van der Waals surface area contributed by atoms with Gasteiger partial charge in [0.25, 0.3) is 5.69 Å². The average Bonchev–Trinajstić information content (AvgIpc) is 3.17. The van der Waals surface area contributed by atoms with Crippen molar-refractivity contribution in [1.82, 2.24) is 10.2 Å². The van der Waals surface area contributed by atoms with E-state index >= 15 is 0 Å². The van der Waals surface area contributed by atoms with Crippen LogP contribution in [0.25, 0.3) is 0 Å². The van der Waals surface area contributed by atoms with Crippen molar-refractivity contribution in [2.24, 2.45) is 4.99 Å². The summed E-state index contributed by atoms with van der Waals surface area (Å²) in [6.45, 7) is 5.13. The Labute approximate surface area is 159 Å². The zero-order valence-corrected chi connectivity index (χ0v) is 15.8. The van der Waals surface area contributed by atoms with Gasteiger partial charge in [-0.05, 0) is 31.0 Å². The molecule has 0 atom stereocenters. The minimum atomic E-state index is -0.407. The lowest BCUT2D eigenvalue weighted by Gasteiger charge is -2.21. The van der Waals surface area contributed by atoms with Gasteiger partial charge in [0, 0.05) is 38.9 Å². The summed E-state index contributed by atoms with van der Waals surface area (Å²) in [5.41, 5.74) is 0.979. The first-order chi connectivity index (χ1) is 13.1. The molecule has 0 aliphatic rings. The van der Waals surface area contributed by atoms with Crippen LogP contribution in [0.1, 0.15) is 24.7 Å². The highest BCUT2D eigenvalue weighted by Crippen LogP contribution is 2.13. The van der Waals surface area contributed by atoms with Crippen molar-refractivity contribution in [3.05, 3.63) is 64.1 Å². The van der Waals surface area contributed by atoms with Crippen molar-refractivity contribution in [2.45, 2.75) is 26.4 Å². The molecule has 2 aromatic rings. The zero-order chi connectivity index (χ0) is 19.5. The van der Waals surface area contributed by atoms with Gasteiger partial charge in [-0.2, -0.15) is 0 Å². The van der Waals surface area contributed by atoms with E-state index in [-0.39, 0.29) is 5.69 Å².